The number of anilines is 1. The van der Waals surface area contributed by atoms with E-state index in [0.717, 1.165) is 5.56 Å². The standard InChI is InChI=1S/C19H15Cl2N3O2S2/c1-10(23-24-19(27)22-12-3-2-4-13(25)8-12)14-9-28-18(17(14)26)11-5-6-15(20)16(21)7-11/h2-9,25-26H,1H3,(H2,22,24,27). The second-order valence-corrected chi connectivity index (χ2v) is 7.87. The van der Waals surface area contributed by atoms with Crippen molar-refractivity contribution in [3.63, 3.8) is 0 Å². The molecule has 2 aromatic carbocycles. The van der Waals surface area contributed by atoms with Crippen LogP contribution in [0.3, 0.4) is 0 Å². The van der Waals surface area contributed by atoms with E-state index in [4.69, 9.17) is 35.4 Å². The lowest BCUT2D eigenvalue weighted by Crippen LogP contribution is -2.24. The Morgan fingerprint density at radius 1 is 1.11 bits per heavy atom. The first-order chi connectivity index (χ1) is 13.3. The first-order valence-corrected chi connectivity index (χ1v) is 10.1. The van der Waals surface area contributed by atoms with Crippen molar-refractivity contribution in [1.82, 2.24) is 5.43 Å². The quantitative estimate of drug-likeness (QED) is 0.227. The van der Waals surface area contributed by atoms with Crippen molar-refractivity contribution < 1.29 is 10.2 Å². The first kappa shape index (κ1) is 20.4. The molecule has 0 fully saturated rings. The highest BCUT2D eigenvalue weighted by atomic mass is 35.5. The number of benzene rings is 2. The van der Waals surface area contributed by atoms with E-state index in [2.05, 4.69) is 15.8 Å². The third-order valence-corrected chi connectivity index (χ3v) is 5.72. The van der Waals surface area contributed by atoms with Crippen LogP contribution in [0.25, 0.3) is 10.4 Å². The Balaban J connectivity index is 1.73. The SMILES string of the molecule is CC(=NNC(=S)Nc1cccc(O)c1)c1csc(-c2ccc(Cl)c(Cl)c2)c1O. The minimum absolute atomic E-state index is 0.110. The number of rotatable bonds is 4. The summed E-state index contributed by atoms with van der Waals surface area (Å²) in [5, 5.41) is 30.1. The number of nitrogens with zero attached hydrogens (tertiary/aromatic N) is 1. The van der Waals surface area contributed by atoms with Crippen LogP contribution < -0.4 is 10.7 Å². The second-order valence-electron chi connectivity index (χ2n) is 5.77. The van der Waals surface area contributed by atoms with Gasteiger partial charge in [0.05, 0.1) is 26.2 Å². The Morgan fingerprint density at radius 3 is 2.61 bits per heavy atom. The van der Waals surface area contributed by atoms with E-state index in [-0.39, 0.29) is 16.6 Å². The van der Waals surface area contributed by atoms with Crippen molar-refractivity contribution in [2.75, 3.05) is 5.32 Å². The number of thiophene rings is 1. The van der Waals surface area contributed by atoms with Crippen molar-refractivity contribution in [3.05, 3.63) is 63.5 Å². The molecule has 0 aliphatic heterocycles. The minimum Gasteiger partial charge on any atom is -0.508 e. The minimum atomic E-state index is 0.110. The summed E-state index contributed by atoms with van der Waals surface area (Å²) in [6.45, 7) is 1.75. The molecule has 1 heterocycles. The predicted octanol–water partition coefficient (Wildman–Crippen LogP) is 5.84. The summed E-state index contributed by atoms with van der Waals surface area (Å²) < 4.78 is 0. The Morgan fingerprint density at radius 2 is 1.89 bits per heavy atom. The Hall–Kier alpha value is -2.32. The molecule has 3 aromatic rings. The molecule has 0 bridgehead atoms. The number of hydrogen-bond donors (Lipinski definition) is 4. The highest BCUT2D eigenvalue weighted by Crippen LogP contribution is 2.40. The van der Waals surface area contributed by atoms with Crippen LogP contribution in [0.1, 0.15) is 12.5 Å². The van der Waals surface area contributed by atoms with Crippen LogP contribution in [0.2, 0.25) is 10.0 Å². The largest absolute Gasteiger partial charge is 0.508 e. The van der Waals surface area contributed by atoms with Gasteiger partial charge in [-0.1, -0.05) is 35.3 Å². The number of phenols is 1. The van der Waals surface area contributed by atoms with Gasteiger partial charge in [-0.3, -0.25) is 5.43 Å². The van der Waals surface area contributed by atoms with Crippen LogP contribution in [0.4, 0.5) is 5.69 Å². The van der Waals surface area contributed by atoms with E-state index in [9.17, 15) is 10.2 Å². The smallest absolute Gasteiger partial charge is 0.191 e. The lowest BCUT2D eigenvalue weighted by atomic mass is 10.1. The molecule has 0 spiro atoms. The summed E-state index contributed by atoms with van der Waals surface area (Å²) in [6, 6.07) is 11.8. The zero-order valence-electron chi connectivity index (χ0n) is 14.5. The maximum absolute atomic E-state index is 10.6. The number of phenolic OH excluding ortho intramolecular Hbond substituents is 1. The molecule has 4 N–H and O–H groups in total. The summed E-state index contributed by atoms with van der Waals surface area (Å²) >= 11 is 18.6. The molecule has 28 heavy (non-hydrogen) atoms. The first-order valence-electron chi connectivity index (χ1n) is 8.01. The van der Waals surface area contributed by atoms with E-state index in [1.54, 1.807) is 54.8 Å². The molecular formula is C19H15Cl2N3O2S2. The fourth-order valence-corrected chi connectivity index (χ4v) is 3.85. The highest BCUT2D eigenvalue weighted by molar-refractivity contribution is 7.80. The molecule has 0 radical (unpaired) electrons. The van der Waals surface area contributed by atoms with Crippen LogP contribution in [-0.4, -0.2) is 21.0 Å². The molecule has 9 heteroatoms. The van der Waals surface area contributed by atoms with Gasteiger partial charge in [-0.15, -0.1) is 11.3 Å². The van der Waals surface area contributed by atoms with E-state index < -0.39 is 0 Å². The van der Waals surface area contributed by atoms with Crippen molar-refractivity contribution in [2.45, 2.75) is 6.92 Å². The van der Waals surface area contributed by atoms with Gasteiger partial charge in [0, 0.05) is 17.1 Å². The van der Waals surface area contributed by atoms with Gasteiger partial charge < -0.3 is 15.5 Å². The lowest BCUT2D eigenvalue weighted by Gasteiger charge is -2.08. The van der Waals surface area contributed by atoms with Crippen molar-refractivity contribution >= 4 is 63.3 Å². The van der Waals surface area contributed by atoms with E-state index in [0.29, 0.717) is 31.9 Å². The Kier molecular flexibility index (Phi) is 6.41. The molecule has 0 amide bonds. The maximum Gasteiger partial charge on any atom is 0.191 e. The zero-order chi connectivity index (χ0) is 20.3. The van der Waals surface area contributed by atoms with Gasteiger partial charge in [-0.25, -0.2) is 0 Å². The molecule has 5 nitrogen and oxygen atoms in total. The molecule has 1 aromatic heterocycles. The van der Waals surface area contributed by atoms with Crippen LogP contribution in [0.15, 0.2) is 52.9 Å². The lowest BCUT2D eigenvalue weighted by molar-refractivity contribution is 0.475. The summed E-state index contributed by atoms with van der Waals surface area (Å²) in [6.07, 6.45) is 0. The van der Waals surface area contributed by atoms with Gasteiger partial charge in [-0.05, 0) is 49.0 Å². The summed E-state index contributed by atoms with van der Waals surface area (Å²) in [7, 11) is 0. The van der Waals surface area contributed by atoms with Crippen LogP contribution in [0, 0.1) is 0 Å². The Bertz CT molecular complexity index is 1070. The van der Waals surface area contributed by atoms with Crippen LogP contribution in [-0.2, 0) is 0 Å². The van der Waals surface area contributed by atoms with Gasteiger partial charge in [0.15, 0.2) is 5.11 Å². The summed E-state index contributed by atoms with van der Waals surface area (Å²) in [4.78, 5) is 0.670. The molecule has 0 unspecified atom stereocenters. The van der Waals surface area contributed by atoms with E-state index in [1.165, 1.54) is 11.3 Å². The number of hydrazone groups is 1. The summed E-state index contributed by atoms with van der Waals surface area (Å²) in [5.41, 5.74) is 5.26. The van der Waals surface area contributed by atoms with Crippen molar-refractivity contribution in [2.24, 2.45) is 5.10 Å². The monoisotopic (exact) mass is 451 g/mol. The number of halogens is 2. The normalized spacial score (nSPS) is 11.3. The average Bonchev–Trinajstić information content (AvgIpc) is 3.03. The van der Waals surface area contributed by atoms with E-state index >= 15 is 0 Å². The molecule has 0 aliphatic carbocycles. The highest BCUT2D eigenvalue weighted by Gasteiger charge is 2.15. The maximum atomic E-state index is 10.6. The van der Waals surface area contributed by atoms with Gasteiger partial charge in [0.25, 0.3) is 0 Å². The van der Waals surface area contributed by atoms with Gasteiger partial charge in [-0.2, -0.15) is 5.10 Å². The molecule has 0 atom stereocenters. The number of thiocarbonyl (C=S) groups is 1. The molecule has 0 saturated heterocycles. The number of hydrogen-bond acceptors (Lipinski definition) is 5. The third-order valence-electron chi connectivity index (χ3n) is 3.77. The average molecular weight is 452 g/mol. The molecule has 0 saturated carbocycles. The van der Waals surface area contributed by atoms with Crippen LogP contribution in [0.5, 0.6) is 11.5 Å². The topological polar surface area (TPSA) is 76.9 Å². The number of aromatic hydroxyl groups is 2. The van der Waals surface area contributed by atoms with Crippen molar-refractivity contribution in [3.8, 4) is 21.9 Å². The van der Waals surface area contributed by atoms with Gasteiger partial charge in [0.1, 0.15) is 11.5 Å². The Labute approximate surface area is 181 Å². The fourth-order valence-electron chi connectivity index (χ4n) is 2.39. The second kappa shape index (κ2) is 8.79. The predicted molar refractivity (Wildman–Crippen MR) is 121 cm³/mol. The molecule has 144 valence electrons. The van der Waals surface area contributed by atoms with Gasteiger partial charge in [0.2, 0.25) is 0 Å². The summed E-state index contributed by atoms with van der Waals surface area (Å²) in [5.74, 6) is 0.240. The zero-order valence-corrected chi connectivity index (χ0v) is 17.7. The molecular weight excluding hydrogens is 437 g/mol. The van der Waals surface area contributed by atoms with E-state index in [1.807, 2.05) is 0 Å². The van der Waals surface area contributed by atoms with Crippen LogP contribution >= 0.6 is 46.8 Å². The third kappa shape index (κ3) is 4.74. The van der Waals surface area contributed by atoms with Crippen molar-refractivity contribution in [1.29, 1.82) is 0 Å². The van der Waals surface area contributed by atoms with Gasteiger partial charge >= 0.3 is 0 Å². The number of nitrogens with one attached hydrogen (secondary N) is 2. The molecule has 3 rings (SSSR count). The molecule has 0 aliphatic rings. The fraction of sp³-hybridized carbons (Fsp3) is 0.0526.